The maximum atomic E-state index is 12.7. The Morgan fingerprint density at radius 3 is 2.35 bits per heavy atom. The molecule has 2 atom stereocenters. The highest BCUT2D eigenvalue weighted by Crippen LogP contribution is 2.15. The van der Waals surface area contributed by atoms with E-state index in [0.29, 0.717) is 36.5 Å². The van der Waals surface area contributed by atoms with Crippen molar-refractivity contribution in [1.29, 1.82) is 0 Å². The first kappa shape index (κ1) is 22.5. The molecule has 1 aliphatic heterocycles. The zero-order chi connectivity index (χ0) is 22.5. The summed E-state index contributed by atoms with van der Waals surface area (Å²) in [5.74, 6) is -0.236. The third kappa shape index (κ3) is 5.91. The van der Waals surface area contributed by atoms with Gasteiger partial charge in [-0.1, -0.05) is 12.1 Å². The van der Waals surface area contributed by atoms with E-state index in [0.717, 1.165) is 5.56 Å². The molecule has 1 fully saturated rings. The van der Waals surface area contributed by atoms with Crippen molar-refractivity contribution in [2.75, 3.05) is 13.1 Å². The van der Waals surface area contributed by atoms with Crippen molar-refractivity contribution in [3.63, 3.8) is 0 Å². The second kappa shape index (κ2) is 9.74. The van der Waals surface area contributed by atoms with Crippen LogP contribution in [0.1, 0.15) is 47.4 Å². The second-order valence-corrected chi connectivity index (χ2v) is 7.95. The van der Waals surface area contributed by atoms with Crippen molar-refractivity contribution >= 4 is 11.8 Å². The van der Waals surface area contributed by atoms with Crippen LogP contribution in [-0.4, -0.2) is 52.0 Å². The summed E-state index contributed by atoms with van der Waals surface area (Å²) in [5.41, 5.74) is 1.29. The molecule has 9 nitrogen and oxygen atoms in total. The lowest BCUT2D eigenvalue weighted by atomic mass is 10.1. The molecule has 0 saturated carbocycles. The van der Waals surface area contributed by atoms with Crippen LogP contribution in [0.5, 0.6) is 0 Å². The first-order valence-electron chi connectivity index (χ1n) is 10.4. The van der Waals surface area contributed by atoms with Gasteiger partial charge in [0.25, 0.3) is 11.5 Å². The normalized spacial score (nSPS) is 18.6. The smallest absolute Gasteiger partial charge is 0.325 e. The number of carbonyl (C=O) groups excluding carboxylic acids is 2. The minimum atomic E-state index is -0.560. The fourth-order valence-electron chi connectivity index (χ4n) is 3.75. The largest absolute Gasteiger partial charge is 0.372 e. The number of benzene rings is 1. The molecule has 1 aliphatic rings. The molecule has 0 radical (unpaired) electrons. The zero-order valence-corrected chi connectivity index (χ0v) is 18.0. The van der Waals surface area contributed by atoms with Gasteiger partial charge in [0.15, 0.2) is 0 Å². The van der Waals surface area contributed by atoms with E-state index in [1.165, 1.54) is 0 Å². The van der Waals surface area contributed by atoms with Crippen molar-refractivity contribution in [2.24, 2.45) is 0 Å². The number of aromatic nitrogens is 2. The van der Waals surface area contributed by atoms with Gasteiger partial charge in [0.05, 0.1) is 12.2 Å². The number of H-pyrrole nitrogens is 2. The van der Waals surface area contributed by atoms with E-state index in [4.69, 9.17) is 4.74 Å². The number of aryl methyl sites for hydroxylation is 1. The predicted octanol–water partition coefficient (Wildman–Crippen LogP) is 0.870. The van der Waals surface area contributed by atoms with E-state index in [9.17, 15) is 19.2 Å². The molecule has 0 aliphatic carbocycles. The van der Waals surface area contributed by atoms with Crippen molar-refractivity contribution in [3.8, 4) is 0 Å². The van der Waals surface area contributed by atoms with Crippen LogP contribution in [0.2, 0.25) is 0 Å². The molecule has 166 valence electrons. The van der Waals surface area contributed by atoms with E-state index < -0.39 is 11.2 Å². The van der Waals surface area contributed by atoms with Gasteiger partial charge in [0.2, 0.25) is 5.91 Å². The third-order valence-corrected chi connectivity index (χ3v) is 5.25. The number of hydrogen-bond acceptors (Lipinski definition) is 5. The summed E-state index contributed by atoms with van der Waals surface area (Å²) < 4.78 is 5.67. The number of nitrogens with one attached hydrogen (secondary N) is 3. The highest BCUT2D eigenvalue weighted by Gasteiger charge is 2.26. The summed E-state index contributed by atoms with van der Waals surface area (Å²) in [5, 5.41) is 2.81. The molecule has 2 unspecified atom stereocenters. The van der Waals surface area contributed by atoms with E-state index >= 15 is 0 Å². The Labute approximate surface area is 179 Å². The van der Waals surface area contributed by atoms with Crippen LogP contribution in [-0.2, 0) is 22.5 Å². The molecule has 9 heteroatoms. The zero-order valence-electron chi connectivity index (χ0n) is 18.0. The second-order valence-electron chi connectivity index (χ2n) is 7.95. The lowest BCUT2D eigenvalue weighted by Gasteiger charge is -2.35. The summed E-state index contributed by atoms with van der Waals surface area (Å²) in [6.45, 7) is 6.99. The fourth-order valence-corrected chi connectivity index (χ4v) is 3.75. The van der Waals surface area contributed by atoms with Gasteiger partial charge in [-0.15, -0.1) is 0 Å². The molecule has 2 heterocycles. The van der Waals surface area contributed by atoms with Crippen LogP contribution in [0.4, 0.5) is 0 Å². The van der Waals surface area contributed by atoms with Gasteiger partial charge in [-0.05, 0) is 44.9 Å². The van der Waals surface area contributed by atoms with E-state index in [1.54, 1.807) is 24.0 Å². The Morgan fingerprint density at radius 2 is 1.74 bits per heavy atom. The van der Waals surface area contributed by atoms with Crippen LogP contribution < -0.4 is 16.6 Å². The summed E-state index contributed by atoms with van der Waals surface area (Å²) in [7, 11) is 0. The summed E-state index contributed by atoms with van der Waals surface area (Å²) in [4.78, 5) is 54.4. The topological polar surface area (TPSA) is 124 Å². The lowest BCUT2D eigenvalue weighted by molar-refractivity contribution is -0.121. The molecule has 3 N–H and O–H groups in total. The SMILES string of the molecule is Cc1[nH]c(=O)[nH]c(=O)c1CCC(=O)NCc1ccc(C(=O)N2CC(C)OC(C)C2)cc1. The monoisotopic (exact) mass is 428 g/mol. The number of amides is 2. The molecule has 1 aromatic carbocycles. The van der Waals surface area contributed by atoms with Crippen molar-refractivity contribution in [1.82, 2.24) is 20.2 Å². The molecule has 0 bridgehead atoms. The van der Waals surface area contributed by atoms with Gasteiger partial charge in [-0.2, -0.15) is 0 Å². The van der Waals surface area contributed by atoms with Gasteiger partial charge >= 0.3 is 5.69 Å². The Balaban J connectivity index is 1.51. The Bertz CT molecular complexity index is 1050. The number of carbonyl (C=O) groups is 2. The minimum absolute atomic E-state index is 0.0118. The molecular weight excluding hydrogens is 400 g/mol. The average molecular weight is 428 g/mol. The molecule has 1 saturated heterocycles. The van der Waals surface area contributed by atoms with Gasteiger partial charge in [0.1, 0.15) is 0 Å². The Kier molecular flexibility index (Phi) is 7.06. The summed E-state index contributed by atoms with van der Waals surface area (Å²) >= 11 is 0. The number of morpholine rings is 1. The van der Waals surface area contributed by atoms with Crippen LogP contribution in [0.3, 0.4) is 0 Å². The van der Waals surface area contributed by atoms with E-state index in [2.05, 4.69) is 15.3 Å². The number of rotatable bonds is 6. The molecule has 2 amide bonds. The van der Waals surface area contributed by atoms with Crippen LogP contribution in [0.15, 0.2) is 33.9 Å². The number of hydrogen-bond donors (Lipinski definition) is 3. The first-order valence-corrected chi connectivity index (χ1v) is 10.4. The van der Waals surface area contributed by atoms with E-state index in [-0.39, 0.29) is 36.9 Å². The first-order chi connectivity index (χ1) is 14.7. The molecular formula is C22H28N4O5. The maximum Gasteiger partial charge on any atom is 0.325 e. The van der Waals surface area contributed by atoms with Gasteiger partial charge in [-0.3, -0.25) is 19.4 Å². The summed E-state index contributed by atoms with van der Waals surface area (Å²) in [6.07, 6.45) is 0.378. The average Bonchev–Trinajstić information content (AvgIpc) is 2.70. The molecule has 0 spiro atoms. The van der Waals surface area contributed by atoms with Crippen molar-refractivity contribution in [2.45, 2.75) is 52.4 Å². The number of nitrogens with zero attached hydrogens (tertiary/aromatic N) is 1. The van der Waals surface area contributed by atoms with Crippen LogP contribution in [0, 0.1) is 6.92 Å². The molecule has 3 rings (SSSR count). The van der Waals surface area contributed by atoms with Crippen molar-refractivity contribution in [3.05, 3.63) is 67.5 Å². The van der Waals surface area contributed by atoms with E-state index in [1.807, 2.05) is 26.0 Å². The highest BCUT2D eigenvalue weighted by atomic mass is 16.5. The number of aromatic amines is 2. The Morgan fingerprint density at radius 1 is 1.10 bits per heavy atom. The third-order valence-electron chi connectivity index (χ3n) is 5.25. The summed E-state index contributed by atoms with van der Waals surface area (Å²) in [6, 6.07) is 7.16. The molecule has 2 aromatic rings. The lowest BCUT2D eigenvalue weighted by Crippen LogP contribution is -2.48. The van der Waals surface area contributed by atoms with Gasteiger partial charge in [0, 0.05) is 42.9 Å². The molecule has 31 heavy (non-hydrogen) atoms. The quantitative estimate of drug-likeness (QED) is 0.630. The Hall–Kier alpha value is -3.20. The minimum Gasteiger partial charge on any atom is -0.372 e. The maximum absolute atomic E-state index is 12.7. The highest BCUT2D eigenvalue weighted by molar-refractivity contribution is 5.94. The fraction of sp³-hybridized carbons (Fsp3) is 0.455. The standard InChI is InChI=1S/C22H28N4O5/c1-13-11-26(12-14(2)31-13)21(29)17-6-4-16(5-7-17)10-23-19(27)9-8-18-15(3)24-22(30)25-20(18)28/h4-7,13-14H,8-12H2,1-3H3,(H,23,27)(H2,24,25,28,30). The predicted molar refractivity (Wildman–Crippen MR) is 115 cm³/mol. The van der Waals surface area contributed by atoms with Crippen molar-refractivity contribution < 1.29 is 14.3 Å². The van der Waals surface area contributed by atoms with Gasteiger partial charge < -0.3 is 19.9 Å². The van der Waals surface area contributed by atoms with Crippen LogP contribution >= 0.6 is 0 Å². The molecule has 1 aromatic heterocycles. The number of ether oxygens (including phenoxy) is 1. The van der Waals surface area contributed by atoms with Crippen LogP contribution in [0.25, 0.3) is 0 Å². The van der Waals surface area contributed by atoms with Gasteiger partial charge in [-0.25, -0.2) is 4.79 Å².